The van der Waals surface area contributed by atoms with E-state index in [0.29, 0.717) is 25.8 Å². The SMILES string of the molecule is CC[C@H]1OC(=O)[C@H](C)C(=O)[C@H](C)[C@@H](O[C@@H]2O[C@H](C)CC(N(C)C)C2O)[C@](C)(OC/C=C/c2cnc3ccccc3c2)C[C@@H](C)CN(C)[C@H](C)[C@H]2NC(=O)O[C@@]21C. The number of amides is 1. The Morgan fingerprint density at radius 3 is 2.52 bits per heavy atom. The molecule has 0 aliphatic carbocycles. The maximum absolute atomic E-state index is 14.5. The summed E-state index contributed by atoms with van der Waals surface area (Å²) in [6.07, 6.45) is 2.42. The van der Waals surface area contributed by atoms with Gasteiger partial charge in [0, 0.05) is 36.1 Å². The van der Waals surface area contributed by atoms with Crippen LogP contribution in [0.3, 0.4) is 0 Å². The normalized spacial score (nSPS) is 38.2. The highest BCUT2D eigenvalue weighted by molar-refractivity contribution is 6.00. The third-order valence-electron chi connectivity index (χ3n) is 12.3. The number of para-hydroxylation sites is 1. The molecule has 2 N–H and O–H groups in total. The smallest absolute Gasteiger partial charge is 0.408 e. The first-order valence-corrected chi connectivity index (χ1v) is 20.1. The molecule has 4 heterocycles. The number of Topliss-reactive ketones (excluding diaryl/α,β-unsaturated/α-hetero) is 1. The molecule has 13 atom stereocenters. The molecule has 5 rings (SSSR count). The molecular weight excluding hydrogens is 716 g/mol. The zero-order valence-corrected chi connectivity index (χ0v) is 35.1. The number of likely N-dealkylation sites (N-methyl/N-ethyl adjacent to an activating group) is 2. The summed E-state index contributed by atoms with van der Waals surface area (Å²) in [7, 11) is 5.81. The molecule has 13 heteroatoms. The Balaban J connectivity index is 1.54. The average Bonchev–Trinajstić information content (AvgIpc) is 3.47. The molecule has 0 saturated carbocycles. The van der Waals surface area contributed by atoms with Crippen molar-refractivity contribution in [3.05, 3.63) is 48.2 Å². The standard InChI is InChI=1S/C43H64N4O9/c1-12-34-43(8)37(45-41(51)56-43)29(6)47(11)24-25(2)22-42(7,52-19-15-16-30-21-31-17-13-14-18-32(31)44-23-30)38(27(4)35(48)28(5)39(50)54-34)55-40-36(49)33(46(9)10)20-26(3)53-40/h13-18,21,23,25-29,33-34,36-38,40,49H,12,19-20,22,24H2,1-11H3,(H,45,51)/b16-15+/t25-,26-,27+,28-,29-,33?,34-,36?,37-,38-,40+,42-,43-/m1/s1. The molecule has 2 unspecified atom stereocenters. The number of rotatable bonds is 8. The van der Waals surface area contributed by atoms with Crippen molar-refractivity contribution in [2.24, 2.45) is 17.8 Å². The number of hydrogen-bond acceptors (Lipinski definition) is 12. The van der Waals surface area contributed by atoms with E-state index < -0.39 is 71.5 Å². The van der Waals surface area contributed by atoms with Crippen molar-refractivity contribution in [3.63, 3.8) is 0 Å². The average molecular weight is 781 g/mol. The zero-order chi connectivity index (χ0) is 41.1. The summed E-state index contributed by atoms with van der Waals surface area (Å²) in [5.41, 5.74) is -0.492. The van der Waals surface area contributed by atoms with E-state index in [2.05, 4.69) is 28.2 Å². The quantitative estimate of drug-likeness (QED) is 0.267. The van der Waals surface area contributed by atoms with E-state index >= 15 is 0 Å². The van der Waals surface area contributed by atoms with E-state index in [1.54, 1.807) is 13.8 Å². The molecule has 1 aromatic heterocycles. The number of carbonyl (C=O) groups excluding carboxylic acids is 3. The van der Waals surface area contributed by atoms with Crippen molar-refractivity contribution in [1.82, 2.24) is 20.1 Å². The van der Waals surface area contributed by atoms with Crippen LogP contribution in [0.4, 0.5) is 4.79 Å². The van der Waals surface area contributed by atoms with Gasteiger partial charge in [-0.05, 0) is 98.6 Å². The van der Waals surface area contributed by atoms with Gasteiger partial charge in [-0.3, -0.25) is 14.6 Å². The lowest BCUT2D eigenvalue weighted by Crippen LogP contribution is -2.60. The van der Waals surface area contributed by atoms with Crippen LogP contribution in [0.1, 0.15) is 80.2 Å². The van der Waals surface area contributed by atoms with Crippen molar-refractivity contribution in [1.29, 1.82) is 0 Å². The third kappa shape index (κ3) is 9.45. The molecule has 0 spiro atoms. The number of carbonyl (C=O) groups is 3. The van der Waals surface area contributed by atoms with Gasteiger partial charge < -0.3 is 43.9 Å². The number of aromatic nitrogens is 1. The van der Waals surface area contributed by atoms with Crippen LogP contribution in [0, 0.1) is 17.8 Å². The molecule has 1 amide bonds. The molecule has 3 fully saturated rings. The first-order valence-electron chi connectivity index (χ1n) is 20.1. The largest absolute Gasteiger partial charge is 0.458 e. The number of nitrogens with one attached hydrogen (secondary N) is 1. The van der Waals surface area contributed by atoms with E-state index in [1.165, 1.54) is 6.92 Å². The number of aliphatic hydroxyl groups is 1. The Hall–Kier alpha value is -3.46. The lowest BCUT2D eigenvalue weighted by Gasteiger charge is -2.47. The minimum absolute atomic E-state index is 0.0214. The number of aliphatic hydroxyl groups excluding tert-OH is 1. The Morgan fingerprint density at radius 1 is 1.11 bits per heavy atom. The van der Waals surface area contributed by atoms with E-state index in [-0.39, 0.29) is 30.7 Å². The topological polar surface area (TPSA) is 149 Å². The number of ketones is 1. The first kappa shape index (κ1) is 43.7. The Kier molecular flexibility index (Phi) is 14.0. The zero-order valence-electron chi connectivity index (χ0n) is 35.1. The predicted molar refractivity (Wildman–Crippen MR) is 214 cm³/mol. The molecule has 0 bridgehead atoms. The van der Waals surface area contributed by atoms with Crippen LogP contribution in [0.5, 0.6) is 0 Å². The van der Waals surface area contributed by atoms with Gasteiger partial charge in [-0.2, -0.15) is 0 Å². The summed E-state index contributed by atoms with van der Waals surface area (Å²) in [4.78, 5) is 49.9. The van der Waals surface area contributed by atoms with Crippen LogP contribution in [-0.2, 0) is 33.3 Å². The van der Waals surface area contributed by atoms with E-state index in [9.17, 15) is 19.5 Å². The molecule has 1 aromatic carbocycles. The van der Waals surface area contributed by atoms with Crippen molar-refractivity contribution in [2.75, 3.05) is 34.3 Å². The van der Waals surface area contributed by atoms with Gasteiger partial charge in [0.25, 0.3) is 0 Å². The molecule has 310 valence electrons. The Labute approximate surface area is 332 Å². The van der Waals surface area contributed by atoms with Crippen LogP contribution in [0.2, 0.25) is 0 Å². The molecule has 3 saturated heterocycles. The lowest BCUT2D eigenvalue weighted by molar-refractivity contribution is -0.297. The van der Waals surface area contributed by atoms with Crippen molar-refractivity contribution in [3.8, 4) is 0 Å². The molecule has 3 aliphatic heterocycles. The van der Waals surface area contributed by atoms with Gasteiger partial charge in [0.2, 0.25) is 0 Å². The van der Waals surface area contributed by atoms with Crippen molar-refractivity contribution in [2.45, 2.75) is 135 Å². The van der Waals surface area contributed by atoms with Gasteiger partial charge in [-0.15, -0.1) is 0 Å². The predicted octanol–water partition coefficient (Wildman–Crippen LogP) is 5.22. The fraction of sp³-hybridized carbons (Fsp3) is 0.674. The number of hydrogen-bond donors (Lipinski definition) is 2. The summed E-state index contributed by atoms with van der Waals surface area (Å²) in [5.74, 6) is -3.22. The Morgan fingerprint density at radius 2 is 1.82 bits per heavy atom. The van der Waals surface area contributed by atoms with Gasteiger partial charge in [-0.25, -0.2) is 4.79 Å². The summed E-state index contributed by atoms with van der Waals surface area (Å²) in [6, 6.07) is 9.00. The second kappa shape index (κ2) is 18.0. The van der Waals surface area contributed by atoms with E-state index in [4.69, 9.17) is 23.7 Å². The molecule has 13 nitrogen and oxygen atoms in total. The van der Waals surface area contributed by atoms with Gasteiger partial charge in [0.15, 0.2) is 17.7 Å². The maximum atomic E-state index is 14.5. The highest BCUT2D eigenvalue weighted by Gasteiger charge is 2.56. The number of cyclic esters (lactones) is 1. The van der Waals surface area contributed by atoms with Gasteiger partial charge in [0.1, 0.15) is 18.1 Å². The minimum atomic E-state index is -1.19. The summed E-state index contributed by atoms with van der Waals surface area (Å²) in [6.45, 7) is 15.7. The van der Waals surface area contributed by atoms with Crippen molar-refractivity contribution < 1.29 is 43.2 Å². The van der Waals surface area contributed by atoms with Gasteiger partial charge in [-0.1, -0.05) is 51.1 Å². The monoisotopic (exact) mass is 780 g/mol. The molecule has 2 aromatic rings. The summed E-state index contributed by atoms with van der Waals surface area (Å²) in [5, 5.41) is 15.6. The fourth-order valence-electron chi connectivity index (χ4n) is 9.05. The highest BCUT2D eigenvalue weighted by Crippen LogP contribution is 2.39. The van der Waals surface area contributed by atoms with Crippen molar-refractivity contribution >= 4 is 34.8 Å². The van der Waals surface area contributed by atoms with Gasteiger partial charge in [0.05, 0.1) is 36.0 Å². The van der Waals surface area contributed by atoms with Crippen LogP contribution in [-0.4, -0.2) is 132 Å². The van der Waals surface area contributed by atoms with E-state index in [0.717, 1.165) is 16.5 Å². The number of alkyl carbamates (subject to hydrolysis) is 1. The fourth-order valence-corrected chi connectivity index (χ4v) is 9.05. The minimum Gasteiger partial charge on any atom is -0.458 e. The number of benzene rings is 1. The number of nitrogens with zero attached hydrogens (tertiary/aromatic N) is 3. The molecule has 56 heavy (non-hydrogen) atoms. The van der Waals surface area contributed by atoms with Crippen LogP contribution in [0.15, 0.2) is 42.6 Å². The second-order valence-corrected chi connectivity index (χ2v) is 17.0. The second-order valence-electron chi connectivity index (χ2n) is 17.0. The molecule has 3 aliphatic rings. The Bertz CT molecular complexity index is 1720. The highest BCUT2D eigenvalue weighted by atomic mass is 16.7. The summed E-state index contributed by atoms with van der Waals surface area (Å²) >= 11 is 0. The lowest BCUT2D eigenvalue weighted by atomic mass is 9.78. The maximum Gasteiger partial charge on any atom is 0.408 e. The van der Waals surface area contributed by atoms with E-state index in [1.807, 2.05) is 96.4 Å². The third-order valence-corrected chi connectivity index (χ3v) is 12.3. The molecule has 0 radical (unpaired) electrons. The first-order chi connectivity index (χ1) is 26.4. The van der Waals surface area contributed by atoms with Crippen LogP contribution >= 0.6 is 0 Å². The number of ether oxygens (including phenoxy) is 5. The number of pyridine rings is 1. The molecular formula is C43H64N4O9. The van der Waals surface area contributed by atoms with Crippen LogP contribution < -0.4 is 5.32 Å². The number of esters is 1. The van der Waals surface area contributed by atoms with Crippen LogP contribution in [0.25, 0.3) is 17.0 Å². The summed E-state index contributed by atoms with van der Waals surface area (Å²) < 4.78 is 31.9. The van der Waals surface area contributed by atoms with Gasteiger partial charge >= 0.3 is 12.1 Å². The number of fused-ring (bicyclic) bond motifs is 2.